The summed E-state index contributed by atoms with van der Waals surface area (Å²) in [6, 6.07) is 8.38. The average molecular weight is 509 g/mol. The number of nitrogens with zero attached hydrogens (tertiary/aromatic N) is 1. The van der Waals surface area contributed by atoms with Gasteiger partial charge in [-0.2, -0.15) is 0 Å². The number of aliphatic imine (C=N–C) groups is 1. The van der Waals surface area contributed by atoms with Gasteiger partial charge in [-0.05, 0) is 51.3 Å². The van der Waals surface area contributed by atoms with Gasteiger partial charge in [0.25, 0.3) is 0 Å². The van der Waals surface area contributed by atoms with Gasteiger partial charge < -0.3 is 20.7 Å². The number of guanidine groups is 1. The van der Waals surface area contributed by atoms with Gasteiger partial charge in [-0.3, -0.25) is 4.99 Å². The molecule has 1 aromatic rings. The number of amides is 1. The molecular formula is C19H30ClIN4O2. The molecule has 1 aliphatic rings. The van der Waals surface area contributed by atoms with Crippen molar-refractivity contribution in [2.75, 3.05) is 20.1 Å². The largest absolute Gasteiger partial charge is 0.444 e. The molecule has 3 N–H and O–H groups in total. The number of hydrogen-bond acceptors (Lipinski definition) is 3. The number of benzene rings is 1. The van der Waals surface area contributed by atoms with Crippen LogP contribution in [-0.2, 0) is 4.74 Å². The molecule has 0 saturated heterocycles. The third kappa shape index (κ3) is 9.01. The van der Waals surface area contributed by atoms with Gasteiger partial charge in [-0.1, -0.05) is 23.7 Å². The smallest absolute Gasteiger partial charge is 0.407 e. The summed E-state index contributed by atoms with van der Waals surface area (Å²) in [6.45, 7) is 6.80. The lowest BCUT2D eigenvalue weighted by Gasteiger charge is -2.19. The predicted molar refractivity (Wildman–Crippen MR) is 121 cm³/mol. The lowest BCUT2D eigenvalue weighted by molar-refractivity contribution is 0.0527. The third-order valence-electron chi connectivity index (χ3n) is 3.93. The molecule has 1 aliphatic carbocycles. The molecule has 6 nitrogen and oxygen atoms in total. The average Bonchev–Trinajstić information content (AvgIpc) is 3.31. The van der Waals surface area contributed by atoms with E-state index in [9.17, 15) is 4.79 Å². The highest BCUT2D eigenvalue weighted by molar-refractivity contribution is 14.0. The molecule has 2 unspecified atom stereocenters. The van der Waals surface area contributed by atoms with Crippen LogP contribution in [0.3, 0.4) is 0 Å². The summed E-state index contributed by atoms with van der Waals surface area (Å²) in [5.41, 5.74) is 0.782. The van der Waals surface area contributed by atoms with E-state index in [1.807, 2.05) is 39.0 Å². The van der Waals surface area contributed by atoms with Crippen molar-refractivity contribution in [2.24, 2.45) is 4.99 Å². The van der Waals surface area contributed by atoms with Crippen LogP contribution in [0.4, 0.5) is 4.79 Å². The minimum Gasteiger partial charge on any atom is -0.444 e. The quantitative estimate of drug-likeness (QED) is 0.236. The zero-order valence-electron chi connectivity index (χ0n) is 16.3. The van der Waals surface area contributed by atoms with E-state index >= 15 is 0 Å². The first-order valence-electron chi connectivity index (χ1n) is 8.98. The van der Waals surface area contributed by atoms with Gasteiger partial charge in [0.2, 0.25) is 0 Å². The van der Waals surface area contributed by atoms with E-state index in [1.165, 1.54) is 5.56 Å². The zero-order valence-corrected chi connectivity index (χ0v) is 19.4. The maximum absolute atomic E-state index is 11.6. The van der Waals surface area contributed by atoms with Gasteiger partial charge >= 0.3 is 6.09 Å². The van der Waals surface area contributed by atoms with Crippen molar-refractivity contribution in [2.45, 2.75) is 51.2 Å². The van der Waals surface area contributed by atoms with Crippen molar-refractivity contribution in [3.05, 3.63) is 34.9 Å². The first-order chi connectivity index (χ1) is 12.3. The second kappa shape index (κ2) is 10.9. The molecule has 0 heterocycles. The Morgan fingerprint density at radius 2 is 2.00 bits per heavy atom. The highest BCUT2D eigenvalue weighted by Crippen LogP contribution is 2.41. The lowest BCUT2D eigenvalue weighted by Crippen LogP contribution is -2.40. The molecule has 2 rings (SSSR count). The first-order valence-corrected chi connectivity index (χ1v) is 9.36. The summed E-state index contributed by atoms with van der Waals surface area (Å²) in [5.74, 6) is 1.25. The Morgan fingerprint density at radius 1 is 1.30 bits per heavy atom. The monoisotopic (exact) mass is 508 g/mol. The van der Waals surface area contributed by atoms with E-state index in [0.29, 0.717) is 25.0 Å². The van der Waals surface area contributed by atoms with E-state index in [0.717, 1.165) is 23.8 Å². The molecule has 152 valence electrons. The Bertz CT molecular complexity index is 649. The van der Waals surface area contributed by atoms with E-state index in [2.05, 4.69) is 27.0 Å². The molecule has 0 spiro atoms. The van der Waals surface area contributed by atoms with Gasteiger partial charge in [0.05, 0.1) is 0 Å². The highest BCUT2D eigenvalue weighted by atomic mass is 127. The molecule has 0 aliphatic heterocycles. The molecule has 0 aromatic heterocycles. The Labute approximate surface area is 183 Å². The SMILES string of the molecule is CN=C(NCCCNC(=O)OC(C)(C)C)NC1CC1c1cccc(Cl)c1.I. The van der Waals surface area contributed by atoms with Crippen molar-refractivity contribution in [3.63, 3.8) is 0 Å². The van der Waals surface area contributed by atoms with Crippen LogP contribution in [0.1, 0.15) is 45.1 Å². The first kappa shape index (κ1) is 23.8. The molecule has 1 aromatic carbocycles. The van der Waals surface area contributed by atoms with Crippen LogP contribution < -0.4 is 16.0 Å². The van der Waals surface area contributed by atoms with Gasteiger partial charge in [-0.15, -0.1) is 24.0 Å². The van der Waals surface area contributed by atoms with Crippen LogP contribution >= 0.6 is 35.6 Å². The van der Waals surface area contributed by atoms with Gasteiger partial charge in [-0.25, -0.2) is 4.79 Å². The van der Waals surface area contributed by atoms with E-state index in [1.54, 1.807) is 7.05 Å². The summed E-state index contributed by atoms with van der Waals surface area (Å²) < 4.78 is 5.19. The number of nitrogens with one attached hydrogen (secondary N) is 3. The van der Waals surface area contributed by atoms with Gasteiger partial charge in [0.15, 0.2) is 5.96 Å². The number of alkyl carbamates (subject to hydrolysis) is 1. The number of rotatable bonds is 6. The van der Waals surface area contributed by atoms with Gasteiger partial charge in [0.1, 0.15) is 5.60 Å². The van der Waals surface area contributed by atoms with Crippen molar-refractivity contribution in [3.8, 4) is 0 Å². The Morgan fingerprint density at radius 3 is 2.63 bits per heavy atom. The third-order valence-corrected chi connectivity index (χ3v) is 4.16. The second-order valence-corrected chi connectivity index (χ2v) is 7.87. The van der Waals surface area contributed by atoms with E-state index in [-0.39, 0.29) is 30.1 Å². The normalized spacial score (nSPS) is 18.9. The minimum atomic E-state index is -0.474. The topological polar surface area (TPSA) is 74.8 Å². The number of halogens is 2. The fraction of sp³-hybridized carbons (Fsp3) is 0.579. The fourth-order valence-corrected chi connectivity index (χ4v) is 2.83. The number of carbonyl (C=O) groups is 1. The Hall–Kier alpha value is -1.22. The zero-order chi connectivity index (χ0) is 19.2. The van der Waals surface area contributed by atoms with Crippen molar-refractivity contribution < 1.29 is 9.53 Å². The fourth-order valence-electron chi connectivity index (χ4n) is 2.63. The van der Waals surface area contributed by atoms with E-state index < -0.39 is 5.60 Å². The number of hydrogen-bond donors (Lipinski definition) is 3. The summed E-state index contributed by atoms with van der Waals surface area (Å²) in [6.07, 6.45) is 1.46. The van der Waals surface area contributed by atoms with Crippen LogP contribution in [0.25, 0.3) is 0 Å². The van der Waals surface area contributed by atoms with Crippen LogP contribution in [0, 0.1) is 0 Å². The Balaban J connectivity index is 0.00000364. The van der Waals surface area contributed by atoms with Gasteiger partial charge in [0, 0.05) is 37.1 Å². The lowest BCUT2D eigenvalue weighted by atomic mass is 10.1. The summed E-state index contributed by atoms with van der Waals surface area (Å²) in [7, 11) is 1.76. The standard InChI is InChI=1S/C19H29ClN4O2.HI/c1-19(2,3)26-18(25)23-10-6-9-22-17(21-4)24-16-12-15(16)13-7-5-8-14(20)11-13;/h5,7-8,11,15-16H,6,9-10,12H2,1-4H3,(H,23,25)(H2,21,22,24);1H. The molecule has 1 saturated carbocycles. The molecule has 1 fully saturated rings. The highest BCUT2D eigenvalue weighted by Gasteiger charge is 2.39. The molecule has 0 radical (unpaired) electrons. The van der Waals surface area contributed by atoms with Crippen molar-refractivity contribution in [1.29, 1.82) is 0 Å². The summed E-state index contributed by atoms with van der Waals surface area (Å²) >= 11 is 6.06. The molecule has 1 amide bonds. The summed E-state index contributed by atoms with van der Waals surface area (Å²) in [4.78, 5) is 15.8. The molecule has 8 heteroatoms. The Kier molecular flexibility index (Phi) is 9.66. The maximum atomic E-state index is 11.6. The molecular weight excluding hydrogens is 479 g/mol. The number of carbonyl (C=O) groups excluding carboxylic acids is 1. The summed E-state index contributed by atoms with van der Waals surface area (Å²) in [5, 5.41) is 10.2. The van der Waals surface area contributed by atoms with Crippen molar-refractivity contribution in [1.82, 2.24) is 16.0 Å². The predicted octanol–water partition coefficient (Wildman–Crippen LogP) is 3.89. The van der Waals surface area contributed by atoms with E-state index in [4.69, 9.17) is 16.3 Å². The minimum absolute atomic E-state index is 0. The second-order valence-electron chi connectivity index (χ2n) is 7.43. The molecule has 0 bridgehead atoms. The number of ether oxygens (including phenoxy) is 1. The maximum Gasteiger partial charge on any atom is 0.407 e. The van der Waals surface area contributed by atoms with Crippen molar-refractivity contribution >= 4 is 47.6 Å². The van der Waals surface area contributed by atoms with Crippen LogP contribution in [0.2, 0.25) is 5.02 Å². The molecule has 2 atom stereocenters. The van der Waals surface area contributed by atoms with Crippen LogP contribution in [-0.4, -0.2) is 43.8 Å². The van der Waals surface area contributed by atoms with Crippen LogP contribution in [0.5, 0.6) is 0 Å². The molecule has 27 heavy (non-hydrogen) atoms. The van der Waals surface area contributed by atoms with Crippen LogP contribution in [0.15, 0.2) is 29.3 Å².